The maximum atomic E-state index is 6.64. The molecule has 0 saturated carbocycles. The Labute approximate surface area is 265 Å². The van der Waals surface area contributed by atoms with Crippen LogP contribution in [0.4, 0.5) is 5.69 Å². The third-order valence-electron chi connectivity index (χ3n) is 8.09. The summed E-state index contributed by atoms with van der Waals surface area (Å²) in [7, 11) is 1.72. The van der Waals surface area contributed by atoms with Crippen molar-refractivity contribution in [2.75, 3.05) is 25.3 Å². The van der Waals surface area contributed by atoms with Crippen LogP contribution in [0.2, 0.25) is 0 Å². The van der Waals surface area contributed by atoms with E-state index < -0.39 is 0 Å². The summed E-state index contributed by atoms with van der Waals surface area (Å²) in [4.78, 5) is 0. The number of para-hydroxylation sites is 2. The topological polar surface area (TPSA) is 55.3 Å². The van der Waals surface area contributed by atoms with E-state index in [-0.39, 0.29) is 0 Å². The highest BCUT2D eigenvalue weighted by atomic mass is 16.5. The molecule has 0 unspecified atom stereocenters. The number of methoxy groups -OCH3 is 1. The standard InChI is InChI=1S/C38H51N3O3/c1-6-10-12-17-27-43-36-29(8-3)23-19-25-32(36)35-38(42-5)34(31-21-15-14-16-22-31)39-40-41(35)33-26-20-24-30(9-4)37(33)44-28-18-13-11-7-2/h14-16,19-26,40H,6-13,17-18,27-28H2,1-5H3. The Morgan fingerprint density at radius 2 is 1.27 bits per heavy atom. The normalized spacial score (nSPS) is 13.0. The molecule has 0 saturated heterocycles. The number of benzene rings is 3. The highest BCUT2D eigenvalue weighted by Crippen LogP contribution is 2.42. The average Bonchev–Trinajstić information content (AvgIpc) is 3.07. The van der Waals surface area contributed by atoms with Crippen molar-refractivity contribution >= 4 is 17.1 Å². The van der Waals surface area contributed by atoms with Crippen molar-refractivity contribution in [2.45, 2.75) is 91.9 Å². The van der Waals surface area contributed by atoms with Crippen molar-refractivity contribution in [3.63, 3.8) is 0 Å². The van der Waals surface area contributed by atoms with Gasteiger partial charge >= 0.3 is 0 Å². The number of ether oxygens (including phenoxy) is 3. The van der Waals surface area contributed by atoms with Gasteiger partial charge in [-0.3, -0.25) is 0 Å². The predicted octanol–water partition coefficient (Wildman–Crippen LogP) is 9.47. The Balaban J connectivity index is 1.86. The molecule has 3 aromatic rings. The van der Waals surface area contributed by atoms with E-state index >= 15 is 0 Å². The fourth-order valence-electron chi connectivity index (χ4n) is 5.64. The van der Waals surface area contributed by atoms with E-state index in [2.05, 4.69) is 81.8 Å². The number of hydrazine groups is 1. The number of anilines is 1. The first-order valence-electron chi connectivity index (χ1n) is 16.7. The van der Waals surface area contributed by atoms with Crippen LogP contribution in [-0.4, -0.2) is 26.0 Å². The van der Waals surface area contributed by atoms with Crippen LogP contribution in [0.3, 0.4) is 0 Å². The van der Waals surface area contributed by atoms with Gasteiger partial charge in [0, 0.05) is 11.1 Å². The lowest BCUT2D eigenvalue weighted by Gasteiger charge is -2.34. The summed E-state index contributed by atoms with van der Waals surface area (Å²) in [6, 6.07) is 22.9. The number of hydrazone groups is 1. The molecule has 6 nitrogen and oxygen atoms in total. The highest BCUT2D eigenvalue weighted by molar-refractivity contribution is 6.17. The van der Waals surface area contributed by atoms with Gasteiger partial charge in [0.25, 0.3) is 0 Å². The van der Waals surface area contributed by atoms with Crippen molar-refractivity contribution in [2.24, 2.45) is 5.10 Å². The molecule has 3 aromatic carbocycles. The van der Waals surface area contributed by atoms with Crippen molar-refractivity contribution in [3.05, 3.63) is 94.7 Å². The maximum Gasteiger partial charge on any atom is 0.173 e. The zero-order valence-electron chi connectivity index (χ0n) is 27.5. The van der Waals surface area contributed by atoms with Crippen molar-refractivity contribution < 1.29 is 14.2 Å². The lowest BCUT2D eigenvalue weighted by molar-refractivity contribution is 0.298. The number of aryl methyl sites for hydroxylation is 2. The molecule has 0 amide bonds. The summed E-state index contributed by atoms with van der Waals surface area (Å²) >= 11 is 0. The SMILES string of the molecule is CCCCCCOc1c(CC)cccc1C1=C(OC)C(c2ccccc2)=NNN1c1cccc(CC)c1OCCCCCC. The summed E-state index contributed by atoms with van der Waals surface area (Å²) in [6.45, 7) is 10.2. The minimum atomic E-state index is 0.671. The Hall–Kier alpha value is -3.93. The molecular formula is C38H51N3O3. The molecule has 4 rings (SSSR count). The minimum absolute atomic E-state index is 0.671. The number of hydrogen-bond acceptors (Lipinski definition) is 6. The Morgan fingerprint density at radius 1 is 0.659 bits per heavy atom. The van der Waals surface area contributed by atoms with Crippen LogP contribution in [-0.2, 0) is 17.6 Å². The number of unbranched alkanes of at least 4 members (excludes halogenated alkanes) is 6. The average molecular weight is 598 g/mol. The van der Waals surface area contributed by atoms with Crippen LogP contribution in [0.25, 0.3) is 5.70 Å². The minimum Gasteiger partial charge on any atom is -0.493 e. The van der Waals surface area contributed by atoms with Crippen molar-refractivity contribution in [1.82, 2.24) is 5.53 Å². The molecule has 1 aliphatic rings. The van der Waals surface area contributed by atoms with Gasteiger partial charge in [-0.15, -0.1) is 0 Å². The fraction of sp³-hybridized carbons (Fsp3) is 0.447. The molecule has 0 fully saturated rings. The Kier molecular flexibility index (Phi) is 13.0. The van der Waals surface area contributed by atoms with Crippen LogP contribution in [0.15, 0.2) is 77.6 Å². The van der Waals surface area contributed by atoms with Crippen LogP contribution < -0.4 is 20.0 Å². The van der Waals surface area contributed by atoms with E-state index in [1.54, 1.807) is 7.11 Å². The molecule has 6 heteroatoms. The fourth-order valence-corrected chi connectivity index (χ4v) is 5.64. The maximum absolute atomic E-state index is 6.64. The molecule has 0 atom stereocenters. The van der Waals surface area contributed by atoms with Gasteiger partial charge in [0.15, 0.2) is 5.76 Å². The third-order valence-corrected chi connectivity index (χ3v) is 8.09. The van der Waals surface area contributed by atoms with E-state index in [0.717, 1.165) is 83.8 Å². The van der Waals surface area contributed by atoms with Crippen molar-refractivity contribution in [1.29, 1.82) is 0 Å². The zero-order valence-corrected chi connectivity index (χ0v) is 27.5. The lowest BCUT2D eigenvalue weighted by Crippen LogP contribution is -2.40. The van der Waals surface area contributed by atoms with E-state index in [0.29, 0.717) is 19.0 Å². The molecular weight excluding hydrogens is 546 g/mol. The summed E-state index contributed by atoms with van der Waals surface area (Å²) in [5, 5.41) is 6.90. The summed E-state index contributed by atoms with van der Waals surface area (Å²) < 4.78 is 19.5. The van der Waals surface area contributed by atoms with Gasteiger partial charge in [-0.25, -0.2) is 10.5 Å². The summed E-state index contributed by atoms with van der Waals surface area (Å²) in [5.41, 5.74) is 10.1. The van der Waals surface area contributed by atoms with Gasteiger partial charge in [-0.05, 0) is 48.9 Å². The molecule has 1 N–H and O–H groups in total. The summed E-state index contributed by atoms with van der Waals surface area (Å²) in [5.74, 6) is 2.44. The van der Waals surface area contributed by atoms with Gasteiger partial charge in [0.1, 0.15) is 28.6 Å². The first-order valence-corrected chi connectivity index (χ1v) is 16.7. The van der Waals surface area contributed by atoms with E-state index in [4.69, 9.17) is 19.3 Å². The lowest BCUT2D eigenvalue weighted by atomic mass is 9.98. The van der Waals surface area contributed by atoms with Crippen LogP contribution >= 0.6 is 0 Å². The predicted molar refractivity (Wildman–Crippen MR) is 183 cm³/mol. The molecule has 0 bridgehead atoms. The number of hydrogen-bond donors (Lipinski definition) is 1. The van der Waals surface area contributed by atoms with E-state index in [1.165, 1.54) is 31.2 Å². The van der Waals surface area contributed by atoms with E-state index in [9.17, 15) is 0 Å². The molecule has 236 valence electrons. The van der Waals surface area contributed by atoms with Gasteiger partial charge in [-0.1, -0.05) is 121 Å². The Bertz CT molecular complexity index is 1380. The molecule has 0 radical (unpaired) electrons. The van der Waals surface area contributed by atoms with Gasteiger partial charge in [0.05, 0.1) is 20.3 Å². The van der Waals surface area contributed by atoms with Gasteiger partial charge in [0.2, 0.25) is 0 Å². The highest BCUT2D eigenvalue weighted by Gasteiger charge is 2.32. The molecule has 1 heterocycles. The molecule has 1 aliphatic heterocycles. The molecule has 0 spiro atoms. The zero-order chi connectivity index (χ0) is 31.1. The number of nitrogens with zero attached hydrogens (tertiary/aromatic N) is 2. The largest absolute Gasteiger partial charge is 0.493 e. The van der Waals surface area contributed by atoms with E-state index in [1.807, 2.05) is 23.2 Å². The number of rotatable bonds is 18. The first kappa shape index (κ1) is 33.0. The number of nitrogens with one attached hydrogen (secondary N) is 1. The monoisotopic (exact) mass is 597 g/mol. The second-order valence-corrected chi connectivity index (χ2v) is 11.2. The quantitative estimate of drug-likeness (QED) is 0.148. The first-order chi connectivity index (χ1) is 21.7. The van der Waals surface area contributed by atoms with Gasteiger partial charge < -0.3 is 14.2 Å². The van der Waals surface area contributed by atoms with Crippen LogP contribution in [0.5, 0.6) is 11.5 Å². The molecule has 44 heavy (non-hydrogen) atoms. The number of allylic oxidation sites excluding steroid dienone is 1. The summed E-state index contributed by atoms with van der Waals surface area (Å²) in [6.07, 6.45) is 10.9. The second-order valence-electron chi connectivity index (χ2n) is 11.2. The second kappa shape index (κ2) is 17.4. The van der Waals surface area contributed by atoms with Crippen LogP contribution in [0, 0.1) is 0 Å². The smallest absolute Gasteiger partial charge is 0.173 e. The third kappa shape index (κ3) is 7.96. The Morgan fingerprint density at radius 3 is 1.89 bits per heavy atom. The molecule has 0 aliphatic carbocycles. The van der Waals surface area contributed by atoms with Gasteiger partial charge in [-0.2, -0.15) is 5.10 Å². The molecule has 0 aromatic heterocycles. The van der Waals surface area contributed by atoms with Crippen LogP contribution in [0.1, 0.15) is 101 Å². The van der Waals surface area contributed by atoms with Crippen molar-refractivity contribution in [3.8, 4) is 11.5 Å².